The topological polar surface area (TPSA) is 17.0 Å². The normalized spacial score (nSPS) is 12.1. The maximum Gasteiger partial charge on any atom is 0.213 e. The fourth-order valence-corrected chi connectivity index (χ4v) is 4.62. The second-order valence-corrected chi connectivity index (χ2v) is 7.34. The molecule has 0 saturated heterocycles. The van der Waals surface area contributed by atoms with Crippen LogP contribution in [0, 0.1) is 6.92 Å². The van der Waals surface area contributed by atoms with Crippen LogP contribution in [-0.2, 0) is 7.05 Å². The van der Waals surface area contributed by atoms with E-state index in [0.717, 1.165) is 11.2 Å². The van der Waals surface area contributed by atoms with Gasteiger partial charge in [0.15, 0.2) is 6.20 Å². The van der Waals surface area contributed by atoms with Crippen LogP contribution < -0.4 is 4.57 Å². The quantitative estimate of drug-likeness (QED) is 0.258. The molecule has 2 heteroatoms. The average molecular weight is 348 g/mol. The molecule has 0 spiro atoms. The molecule has 0 aliphatic heterocycles. The standard InChI is InChI=1S/C25H18NO/c1-15-12-13-17-16-7-5-10-20-24(16)25-18(8-6-11-21(25)27-20)23(17)22(15)19-9-3-4-14-26(19)2/h3-14H,1-2H3/q+1. The van der Waals surface area contributed by atoms with Crippen LogP contribution >= 0.6 is 0 Å². The number of aromatic nitrogens is 1. The smallest absolute Gasteiger partial charge is 0.213 e. The summed E-state index contributed by atoms with van der Waals surface area (Å²) in [6.45, 7) is 2.20. The fourth-order valence-electron chi connectivity index (χ4n) is 4.62. The van der Waals surface area contributed by atoms with E-state index in [1.54, 1.807) is 0 Å². The highest BCUT2D eigenvalue weighted by Gasteiger charge is 2.22. The molecule has 128 valence electrons. The van der Waals surface area contributed by atoms with E-state index < -0.39 is 0 Å². The Balaban J connectivity index is 1.98. The first kappa shape index (κ1) is 14.7. The molecule has 2 nitrogen and oxygen atoms in total. The number of benzene rings is 4. The molecule has 0 fully saturated rings. The monoisotopic (exact) mass is 348 g/mol. The van der Waals surface area contributed by atoms with Gasteiger partial charge in [0, 0.05) is 28.3 Å². The Hall–Kier alpha value is -3.39. The number of fused-ring (bicyclic) bond motifs is 3. The number of nitrogens with zero attached hydrogens (tertiary/aromatic N) is 1. The Morgan fingerprint density at radius 1 is 0.667 bits per heavy atom. The molecular formula is C25H18NO+. The van der Waals surface area contributed by atoms with Gasteiger partial charge in [0.1, 0.15) is 18.2 Å². The molecule has 0 atom stereocenters. The van der Waals surface area contributed by atoms with Crippen molar-refractivity contribution in [2.75, 3.05) is 0 Å². The molecule has 4 aromatic carbocycles. The molecular weight excluding hydrogens is 330 g/mol. The molecule has 6 aromatic rings. The fraction of sp³-hybridized carbons (Fsp3) is 0.0800. The number of pyridine rings is 1. The first-order chi connectivity index (χ1) is 13.2. The summed E-state index contributed by atoms with van der Waals surface area (Å²) in [6.07, 6.45) is 2.11. The van der Waals surface area contributed by atoms with Crippen LogP contribution in [0.4, 0.5) is 0 Å². The molecule has 0 aliphatic rings. The van der Waals surface area contributed by atoms with Crippen LogP contribution in [0.1, 0.15) is 5.56 Å². The summed E-state index contributed by atoms with van der Waals surface area (Å²) in [4.78, 5) is 0. The molecule has 2 aromatic heterocycles. The summed E-state index contributed by atoms with van der Waals surface area (Å²) in [5.41, 5.74) is 5.74. The zero-order valence-corrected chi connectivity index (χ0v) is 15.3. The lowest BCUT2D eigenvalue weighted by atomic mass is 9.88. The van der Waals surface area contributed by atoms with Crippen molar-refractivity contribution >= 4 is 43.5 Å². The van der Waals surface area contributed by atoms with Gasteiger partial charge in [0.05, 0.1) is 5.56 Å². The highest BCUT2D eigenvalue weighted by Crippen LogP contribution is 2.45. The van der Waals surface area contributed by atoms with Crippen molar-refractivity contribution < 1.29 is 8.98 Å². The summed E-state index contributed by atoms with van der Waals surface area (Å²) in [5, 5.41) is 7.60. The Labute approximate surface area is 156 Å². The van der Waals surface area contributed by atoms with Gasteiger partial charge in [-0.15, -0.1) is 0 Å². The van der Waals surface area contributed by atoms with Crippen LogP contribution in [0.2, 0.25) is 0 Å². The van der Waals surface area contributed by atoms with E-state index in [4.69, 9.17) is 4.42 Å². The van der Waals surface area contributed by atoms with Gasteiger partial charge in [-0.2, -0.15) is 0 Å². The van der Waals surface area contributed by atoms with Crippen molar-refractivity contribution in [3.8, 4) is 11.3 Å². The van der Waals surface area contributed by atoms with Gasteiger partial charge in [-0.25, -0.2) is 4.57 Å². The van der Waals surface area contributed by atoms with Crippen LogP contribution in [0.3, 0.4) is 0 Å². The first-order valence-corrected chi connectivity index (χ1v) is 9.27. The molecule has 0 aliphatic carbocycles. The van der Waals surface area contributed by atoms with E-state index >= 15 is 0 Å². The predicted octanol–water partition coefficient (Wildman–Crippen LogP) is 6.13. The Morgan fingerprint density at radius 3 is 2.15 bits per heavy atom. The number of furan rings is 1. The maximum absolute atomic E-state index is 6.18. The van der Waals surface area contributed by atoms with Gasteiger partial charge in [0.2, 0.25) is 5.69 Å². The number of hydrogen-bond donors (Lipinski definition) is 0. The molecule has 0 saturated carbocycles. The third kappa shape index (κ3) is 1.82. The first-order valence-electron chi connectivity index (χ1n) is 9.27. The lowest BCUT2D eigenvalue weighted by molar-refractivity contribution is -0.660. The molecule has 2 heterocycles. The average Bonchev–Trinajstić information content (AvgIpc) is 3.07. The second kappa shape index (κ2) is 5.08. The van der Waals surface area contributed by atoms with Gasteiger partial charge >= 0.3 is 0 Å². The van der Waals surface area contributed by atoms with Crippen molar-refractivity contribution in [3.63, 3.8) is 0 Å². The lowest BCUT2D eigenvalue weighted by Crippen LogP contribution is -2.30. The molecule has 0 unspecified atom stereocenters. The summed E-state index contributed by atoms with van der Waals surface area (Å²) in [6, 6.07) is 23.7. The molecule has 27 heavy (non-hydrogen) atoms. The van der Waals surface area contributed by atoms with Gasteiger partial charge in [-0.3, -0.25) is 0 Å². The van der Waals surface area contributed by atoms with Gasteiger partial charge in [0.25, 0.3) is 0 Å². The highest BCUT2D eigenvalue weighted by atomic mass is 16.3. The SMILES string of the molecule is Cc1ccc2c3cccc4oc5cccc(c2c1-c1cccc[n+]1C)c5c43. The van der Waals surface area contributed by atoms with E-state index in [2.05, 4.69) is 91.5 Å². The summed E-state index contributed by atoms with van der Waals surface area (Å²) >= 11 is 0. The van der Waals surface area contributed by atoms with Gasteiger partial charge in [-0.05, 0) is 46.8 Å². The maximum atomic E-state index is 6.18. The Morgan fingerprint density at radius 2 is 1.37 bits per heavy atom. The lowest BCUT2D eigenvalue weighted by Gasteiger charge is -2.13. The zero-order chi connectivity index (χ0) is 18.1. The minimum atomic E-state index is 0.963. The van der Waals surface area contributed by atoms with Crippen molar-refractivity contribution in [2.45, 2.75) is 6.92 Å². The van der Waals surface area contributed by atoms with Crippen molar-refractivity contribution in [1.82, 2.24) is 0 Å². The van der Waals surface area contributed by atoms with Gasteiger partial charge < -0.3 is 4.42 Å². The van der Waals surface area contributed by atoms with Gasteiger partial charge in [-0.1, -0.05) is 36.4 Å². The van der Waals surface area contributed by atoms with Crippen molar-refractivity contribution in [3.05, 3.63) is 78.5 Å². The number of hydrogen-bond acceptors (Lipinski definition) is 1. The van der Waals surface area contributed by atoms with E-state index in [9.17, 15) is 0 Å². The van der Waals surface area contributed by atoms with E-state index in [-0.39, 0.29) is 0 Å². The Kier molecular flexibility index (Phi) is 2.77. The van der Waals surface area contributed by atoms with Crippen molar-refractivity contribution in [1.29, 1.82) is 0 Å². The number of rotatable bonds is 1. The highest BCUT2D eigenvalue weighted by molar-refractivity contribution is 6.34. The third-order valence-electron chi connectivity index (χ3n) is 5.81. The molecule has 0 N–H and O–H groups in total. The molecule has 6 rings (SSSR count). The second-order valence-electron chi connectivity index (χ2n) is 7.34. The number of aryl methyl sites for hydroxylation is 2. The van der Waals surface area contributed by atoms with E-state index in [1.165, 1.54) is 49.1 Å². The third-order valence-corrected chi connectivity index (χ3v) is 5.81. The Bertz CT molecular complexity index is 1490. The largest absolute Gasteiger partial charge is 0.456 e. The summed E-state index contributed by atoms with van der Waals surface area (Å²) in [5.74, 6) is 0. The van der Waals surface area contributed by atoms with Crippen LogP contribution in [0.15, 0.2) is 77.3 Å². The zero-order valence-electron chi connectivity index (χ0n) is 15.3. The van der Waals surface area contributed by atoms with Crippen LogP contribution in [-0.4, -0.2) is 0 Å². The predicted molar refractivity (Wildman–Crippen MR) is 111 cm³/mol. The molecule has 0 radical (unpaired) electrons. The minimum Gasteiger partial charge on any atom is -0.456 e. The molecule has 0 amide bonds. The van der Waals surface area contributed by atoms with Crippen LogP contribution in [0.25, 0.3) is 54.7 Å². The van der Waals surface area contributed by atoms with Crippen LogP contribution in [0.5, 0.6) is 0 Å². The van der Waals surface area contributed by atoms with E-state index in [0.29, 0.717) is 0 Å². The summed E-state index contributed by atoms with van der Waals surface area (Å²) in [7, 11) is 2.11. The summed E-state index contributed by atoms with van der Waals surface area (Å²) < 4.78 is 8.38. The van der Waals surface area contributed by atoms with Crippen molar-refractivity contribution in [2.24, 2.45) is 7.05 Å². The molecule has 0 bridgehead atoms. The van der Waals surface area contributed by atoms with E-state index in [1.807, 2.05) is 0 Å². The minimum absolute atomic E-state index is 0.963.